The Balaban J connectivity index is 1.54. The summed E-state index contributed by atoms with van der Waals surface area (Å²) in [6.07, 6.45) is 5.31. The molecular weight excluding hydrogens is 380 g/mol. The highest BCUT2D eigenvalue weighted by Crippen LogP contribution is 2.29. The molecule has 7 heteroatoms. The maximum atomic E-state index is 12.1. The summed E-state index contributed by atoms with van der Waals surface area (Å²) in [5.74, 6) is 1.98. The zero-order valence-corrected chi connectivity index (χ0v) is 17.6. The fraction of sp³-hybridized carbons (Fsp3) is 0.435. The van der Waals surface area contributed by atoms with Crippen molar-refractivity contribution >= 4 is 17.1 Å². The molecule has 1 aliphatic rings. The van der Waals surface area contributed by atoms with Crippen molar-refractivity contribution in [1.82, 2.24) is 19.4 Å². The zero-order valence-electron chi connectivity index (χ0n) is 17.6. The summed E-state index contributed by atoms with van der Waals surface area (Å²) >= 11 is 0. The molecule has 0 bridgehead atoms. The summed E-state index contributed by atoms with van der Waals surface area (Å²) in [6, 6.07) is 12.4. The Labute approximate surface area is 176 Å². The molecule has 0 unspecified atom stereocenters. The van der Waals surface area contributed by atoms with Gasteiger partial charge < -0.3 is 18.9 Å². The smallest absolute Gasteiger partial charge is 0.248 e. The Hall–Kier alpha value is -2.93. The molecule has 30 heavy (non-hydrogen) atoms. The number of imidazole rings is 1. The third kappa shape index (κ3) is 4.31. The number of piperidine rings is 1. The van der Waals surface area contributed by atoms with Crippen LogP contribution in [0.3, 0.4) is 0 Å². The largest absolute Gasteiger partial charge is 0.497 e. The van der Waals surface area contributed by atoms with E-state index in [2.05, 4.69) is 21.7 Å². The normalized spacial score (nSPS) is 14.9. The predicted molar refractivity (Wildman–Crippen MR) is 115 cm³/mol. The number of hydrogen-bond acceptors (Lipinski definition) is 5. The number of pyridine rings is 1. The standard InChI is InChI=1S/C23H28N4O3/c1-29-16-22(28)26-13-10-18(11-14-26)27-21(25-20-7-4-12-24-23(20)27)9-8-17-5-3-6-19(15-17)30-2/h3-7,12,15,18H,8-11,13-14,16H2,1-2H3. The highest BCUT2D eigenvalue weighted by atomic mass is 16.5. The molecule has 1 saturated heterocycles. The number of fused-ring (bicyclic) bond motifs is 1. The van der Waals surface area contributed by atoms with Gasteiger partial charge in [-0.05, 0) is 49.1 Å². The molecule has 1 aromatic carbocycles. The van der Waals surface area contributed by atoms with Gasteiger partial charge in [0.15, 0.2) is 5.65 Å². The number of amides is 1. The van der Waals surface area contributed by atoms with Crippen LogP contribution in [0.5, 0.6) is 5.75 Å². The van der Waals surface area contributed by atoms with E-state index in [0.29, 0.717) is 0 Å². The van der Waals surface area contributed by atoms with Crippen molar-refractivity contribution in [2.75, 3.05) is 33.9 Å². The Bertz CT molecular complexity index is 1010. The summed E-state index contributed by atoms with van der Waals surface area (Å²) in [5.41, 5.74) is 3.08. The Morgan fingerprint density at radius 3 is 2.73 bits per heavy atom. The van der Waals surface area contributed by atoms with Crippen LogP contribution in [0.15, 0.2) is 42.6 Å². The van der Waals surface area contributed by atoms with Crippen molar-refractivity contribution in [3.8, 4) is 5.75 Å². The van der Waals surface area contributed by atoms with E-state index in [1.807, 2.05) is 35.4 Å². The molecule has 0 N–H and O–H groups in total. The number of methoxy groups -OCH3 is 2. The zero-order chi connectivity index (χ0) is 20.9. The number of nitrogens with zero attached hydrogens (tertiary/aromatic N) is 4. The number of carbonyl (C=O) groups is 1. The second-order valence-electron chi connectivity index (χ2n) is 7.64. The second kappa shape index (κ2) is 9.26. The van der Waals surface area contributed by atoms with Crippen LogP contribution in [0.25, 0.3) is 11.2 Å². The average Bonchev–Trinajstić information content (AvgIpc) is 3.16. The summed E-state index contributed by atoms with van der Waals surface area (Å²) in [7, 11) is 3.25. The van der Waals surface area contributed by atoms with Gasteiger partial charge in [0.2, 0.25) is 5.91 Å². The van der Waals surface area contributed by atoms with Crippen LogP contribution in [-0.2, 0) is 22.4 Å². The van der Waals surface area contributed by atoms with Crippen LogP contribution in [0.2, 0.25) is 0 Å². The number of rotatable bonds is 7. The quantitative estimate of drug-likeness (QED) is 0.601. The van der Waals surface area contributed by atoms with Crippen LogP contribution < -0.4 is 4.74 Å². The number of aromatic nitrogens is 3. The summed E-state index contributed by atoms with van der Waals surface area (Å²) in [6.45, 7) is 1.61. The van der Waals surface area contributed by atoms with Gasteiger partial charge in [0.05, 0.1) is 7.11 Å². The third-order valence-electron chi connectivity index (χ3n) is 5.74. The van der Waals surface area contributed by atoms with Gasteiger partial charge >= 0.3 is 0 Å². The van der Waals surface area contributed by atoms with Crippen molar-refractivity contribution < 1.29 is 14.3 Å². The molecule has 158 valence electrons. The van der Waals surface area contributed by atoms with Crippen molar-refractivity contribution in [2.45, 2.75) is 31.7 Å². The second-order valence-corrected chi connectivity index (χ2v) is 7.64. The van der Waals surface area contributed by atoms with Crippen LogP contribution in [-0.4, -0.2) is 59.3 Å². The molecule has 1 aliphatic heterocycles. The maximum Gasteiger partial charge on any atom is 0.248 e. The highest BCUT2D eigenvalue weighted by molar-refractivity contribution is 5.77. The average molecular weight is 409 g/mol. The molecule has 3 aromatic rings. The first-order valence-corrected chi connectivity index (χ1v) is 10.4. The lowest BCUT2D eigenvalue weighted by atomic mass is 10.0. The van der Waals surface area contributed by atoms with Gasteiger partial charge in [-0.2, -0.15) is 0 Å². The number of carbonyl (C=O) groups excluding carboxylic acids is 1. The molecule has 3 heterocycles. The van der Waals surface area contributed by atoms with E-state index in [-0.39, 0.29) is 18.6 Å². The lowest BCUT2D eigenvalue weighted by Gasteiger charge is -2.33. The molecule has 0 atom stereocenters. The van der Waals surface area contributed by atoms with Crippen molar-refractivity contribution in [1.29, 1.82) is 0 Å². The number of hydrogen-bond donors (Lipinski definition) is 0. The van der Waals surface area contributed by atoms with Gasteiger partial charge in [-0.3, -0.25) is 4.79 Å². The number of ether oxygens (including phenoxy) is 2. The number of aryl methyl sites for hydroxylation is 2. The van der Waals surface area contributed by atoms with E-state index < -0.39 is 0 Å². The minimum absolute atomic E-state index is 0.0582. The molecule has 1 amide bonds. The number of likely N-dealkylation sites (tertiary alicyclic amines) is 1. The van der Waals surface area contributed by atoms with E-state index in [0.717, 1.165) is 61.5 Å². The highest BCUT2D eigenvalue weighted by Gasteiger charge is 2.27. The van der Waals surface area contributed by atoms with Crippen LogP contribution >= 0.6 is 0 Å². The molecule has 0 radical (unpaired) electrons. The minimum Gasteiger partial charge on any atom is -0.497 e. The Kier molecular flexibility index (Phi) is 6.28. The van der Waals surface area contributed by atoms with Crippen molar-refractivity contribution in [3.05, 3.63) is 54.0 Å². The molecule has 2 aromatic heterocycles. The first-order valence-electron chi connectivity index (χ1n) is 10.4. The predicted octanol–water partition coefficient (Wildman–Crippen LogP) is 3.04. The van der Waals surface area contributed by atoms with Crippen LogP contribution in [0.1, 0.15) is 30.3 Å². The van der Waals surface area contributed by atoms with E-state index in [4.69, 9.17) is 14.5 Å². The van der Waals surface area contributed by atoms with E-state index >= 15 is 0 Å². The summed E-state index contributed by atoms with van der Waals surface area (Å²) < 4.78 is 12.6. The molecule has 4 rings (SSSR count). The molecule has 1 fully saturated rings. The van der Waals surface area contributed by atoms with Gasteiger partial charge in [-0.25, -0.2) is 9.97 Å². The van der Waals surface area contributed by atoms with Gasteiger partial charge in [-0.15, -0.1) is 0 Å². The van der Waals surface area contributed by atoms with Gasteiger partial charge in [0.1, 0.15) is 23.7 Å². The molecule has 0 spiro atoms. The van der Waals surface area contributed by atoms with E-state index in [1.54, 1.807) is 14.2 Å². The molecule has 7 nitrogen and oxygen atoms in total. The fourth-order valence-corrected chi connectivity index (χ4v) is 4.21. The van der Waals surface area contributed by atoms with Gasteiger partial charge in [0.25, 0.3) is 0 Å². The first-order chi connectivity index (χ1) is 14.7. The van der Waals surface area contributed by atoms with Crippen molar-refractivity contribution in [2.24, 2.45) is 0 Å². The monoisotopic (exact) mass is 408 g/mol. The van der Waals surface area contributed by atoms with Gasteiger partial charge in [-0.1, -0.05) is 12.1 Å². The lowest BCUT2D eigenvalue weighted by molar-refractivity contribution is -0.136. The molecular formula is C23H28N4O3. The Morgan fingerprint density at radius 1 is 1.13 bits per heavy atom. The molecule has 0 aliphatic carbocycles. The number of benzene rings is 1. The van der Waals surface area contributed by atoms with E-state index in [9.17, 15) is 4.79 Å². The molecule has 0 saturated carbocycles. The first kappa shape index (κ1) is 20.3. The fourth-order valence-electron chi connectivity index (χ4n) is 4.21. The van der Waals surface area contributed by atoms with Crippen LogP contribution in [0.4, 0.5) is 0 Å². The lowest BCUT2D eigenvalue weighted by Crippen LogP contribution is -2.41. The van der Waals surface area contributed by atoms with Gasteiger partial charge in [0, 0.05) is 38.9 Å². The SMILES string of the molecule is COCC(=O)N1CCC(n2c(CCc3cccc(OC)c3)nc3cccnc32)CC1. The van der Waals surface area contributed by atoms with Crippen molar-refractivity contribution in [3.63, 3.8) is 0 Å². The van der Waals surface area contributed by atoms with Crippen LogP contribution in [0, 0.1) is 0 Å². The minimum atomic E-state index is 0.0582. The van der Waals surface area contributed by atoms with E-state index in [1.165, 1.54) is 5.56 Å². The summed E-state index contributed by atoms with van der Waals surface area (Å²) in [5, 5.41) is 0. The maximum absolute atomic E-state index is 12.1. The topological polar surface area (TPSA) is 69.5 Å². The third-order valence-corrected chi connectivity index (χ3v) is 5.74. The summed E-state index contributed by atoms with van der Waals surface area (Å²) in [4.78, 5) is 23.6. The Morgan fingerprint density at radius 2 is 1.97 bits per heavy atom.